The van der Waals surface area contributed by atoms with Gasteiger partial charge in [0.15, 0.2) is 0 Å². The van der Waals surface area contributed by atoms with Gasteiger partial charge in [0.1, 0.15) is 6.04 Å². The van der Waals surface area contributed by atoms with Gasteiger partial charge in [-0.1, -0.05) is 19.8 Å². The van der Waals surface area contributed by atoms with Gasteiger partial charge in [-0.25, -0.2) is 4.79 Å². The molecule has 0 fully saturated rings. The van der Waals surface area contributed by atoms with Crippen LogP contribution in [0.3, 0.4) is 0 Å². The van der Waals surface area contributed by atoms with E-state index in [0.717, 1.165) is 12.8 Å². The SMILES string of the molecule is CCCCC(NC(N)=O)C(=O)NCCC(C)N.Cl. The third-order valence-electron chi connectivity index (χ3n) is 2.38. The van der Waals surface area contributed by atoms with Gasteiger partial charge in [-0.2, -0.15) is 0 Å². The first-order valence-electron chi connectivity index (χ1n) is 6.06. The van der Waals surface area contributed by atoms with Crippen molar-refractivity contribution in [3.63, 3.8) is 0 Å². The van der Waals surface area contributed by atoms with Crippen molar-refractivity contribution < 1.29 is 9.59 Å². The van der Waals surface area contributed by atoms with Crippen molar-refractivity contribution in [2.75, 3.05) is 6.54 Å². The molecule has 6 nitrogen and oxygen atoms in total. The summed E-state index contributed by atoms with van der Waals surface area (Å²) >= 11 is 0. The Bertz CT molecular complexity index is 249. The fourth-order valence-electron chi connectivity index (χ4n) is 1.40. The predicted octanol–water partition coefficient (Wildman–Crippen LogP) is 0.489. The van der Waals surface area contributed by atoms with Gasteiger partial charge in [0.2, 0.25) is 5.91 Å². The Balaban J connectivity index is 0. The lowest BCUT2D eigenvalue weighted by Gasteiger charge is -2.17. The number of rotatable bonds is 8. The molecule has 0 saturated heterocycles. The van der Waals surface area contributed by atoms with Crippen LogP contribution < -0.4 is 22.1 Å². The van der Waals surface area contributed by atoms with Crippen molar-refractivity contribution in [3.8, 4) is 0 Å². The molecule has 0 aliphatic rings. The van der Waals surface area contributed by atoms with Gasteiger partial charge in [0.25, 0.3) is 0 Å². The van der Waals surface area contributed by atoms with Gasteiger partial charge in [0.05, 0.1) is 0 Å². The Kier molecular flexibility index (Phi) is 11.9. The van der Waals surface area contributed by atoms with Gasteiger partial charge in [-0.15, -0.1) is 12.4 Å². The van der Waals surface area contributed by atoms with Gasteiger partial charge < -0.3 is 22.1 Å². The zero-order valence-corrected chi connectivity index (χ0v) is 11.9. The molecule has 3 amide bonds. The van der Waals surface area contributed by atoms with Crippen LogP contribution in [-0.4, -0.2) is 30.6 Å². The minimum Gasteiger partial charge on any atom is -0.354 e. The maximum atomic E-state index is 11.7. The highest BCUT2D eigenvalue weighted by molar-refractivity contribution is 5.86. The summed E-state index contributed by atoms with van der Waals surface area (Å²) in [6.07, 6.45) is 3.14. The molecule has 0 rings (SSSR count). The highest BCUT2D eigenvalue weighted by Crippen LogP contribution is 2.00. The second kappa shape index (κ2) is 11.1. The summed E-state index contributed by atoms with van der Waals surface area (Å²) in [4.78, 5) is 22.5. The van der Waals surface area contributed by atoms with Crippen molar-refractivity contribution in [1.29, 1.82) is 0 Å². The van der Waals surface area contributed by atoms with Crippen molar-refractivity contribution in [3.05, 3.63) is 0 Å². The Morgan fingerprint density at radius 2 is 1.89 bits per heavy atom. The molecule has 0 bridgehead atoms. The second-order valence-electron chi connectivity index (χ2n) is 4.26. The van der Waals surface area contributed by atoms with Crippen LogP contribution in [0.1, 0.15) is 39.5 Å². The molecule has 2 unspecified atom stereocenters. The van der Waals surface area contributed by atoms with Crippen LogP contribution >= 0.6 is 12.4 Å². The molecular weight excluding hydrogens is 256 g/mol. The molecule has 0 aromatic rings. The van der Waals surface area contributed by atoms with Crippen LogP contribution in [0.2, 0.25) is 0 Å². The molecule has 0 aliphatic carbocycles. The van der Waals surface area contributed by atoms with Crippen molar-refractivity contribution in [1.82, 2.24) is 10.6 Å². The summed E-state index contributed by atoms with van der Waals surface area (Å²) in [5, 5.41) is 5.19. The largest absolute Gasteiger partial charge is 0.354 e. The van der Waals surface area contributed by atoms with E-state index in [1.165, 1.54) is 0 Å². The average Bonchev–Trinajstić information content (AvgIpc) is 2.22. The molecule has 0 spiro atoms. The number of carbonyl (C=O) groups is 2. The summed E-state index contributed by atoms with van der Waals surface area (Å²) in [5.74, 6) is -0.196. The maximum absolute atomic E-state index is 11.7. The lowest BCUT2D eigenvalue weighted by molar-refractivity contribution is -0.123. The molecule has 108 valence electrons. The fraction of sp³-hybridized carbons (Fsp3) is 0.818. The van der Waals surface area contributed by atoms with Crippen molar-refractivity contribution in [2.24, 2.45) is 11.5 Å². The predicted molar refractivity (Wildman–Crippen MR) is 74.6 cm³/mol. The summed E-state index contributed by atoms with van der Waals surface area (Å²) in [6.45, 7) is 4.41. The topological polar surface area (TPSA) is 110 Å². The van der Waals surface area contributed by atoms with E-state index in [4.69, 9.17) is 11.5 Å². The second-order valence-corrected chi connectivity index (χ2v) is 4.26. The van der Waals surface area contributed by atoms with E-state index in [0.29, 0.717) is 19.4 Å². The Hall–Kier alpha value is -1.01. The standard InChI is InChI=1S/C11H24N4O2.ClH/c1-3-4-5-9(15-11(13)17)10(16)14-7-6-8(2)12;/h8-9H,3-7,12H2,1-2H3,(H,14,16)(H3,13,15,17);1H. The summed E-state index contributed by atoms with van der Waals surface area (Å²) in [6, 6.07) is -1.16. The molecule has 0 saturated carbocycles. The van der Waals surface area contributed by atoms with Gasteiger partial charge in [0, 0.05) is 12.6 Å². The highest BCUT2D eigenvalue weighted by atomic mass is 35.5. The van der Waals surface area contributed by atoms with Crippen LogP contribution in [0, 0.1) is 0 Å². The first-order valence-corrected chi connectivity index (χ1v) is 6.06. The van der Waals surface area contributed by atoms with Crippen molar-refractivity contribution >= 4 is 24.3 Å². The monoisotopic (exact) mass is 280 g/mol. The van der Waals surface area contributed by atoms with Crippen LogP contribution in [0.5, 0.6) is 0 Å². The number of primary amides is 1. The number of nitrogens with one attached hydrogen (secondary N) is 2. The number of hydrogen-bond donors (Lipinski definition) is 4. The van der Waals surface area contributed by atoms with Crippen LogP contribution in [-0.2, 0) is 4.79 Å². The normalized spacial score (nSPS) is 13.1. The molecule has 0 radical (unpaired) electrons. The first kappa shape index (κ1) is 19.3. The average molecular weight is 281 g/mol. The summed E-state index contributed by atoms with van der Waals surface area (Å²) < 4.78 is 0. The van der Waals surface area contributed by atoms with Crippen LogP contribution in [0.4, 0.5) is 4.79 Å². The molecule has 0 aromatic carbocycles. The molecule has 0 aromatic heterocycles. The third kappa shape index (κ3) is 10.2. The van der Waals surface area contributed by atoms with Crippen molar-refractivity contribution in [2.45, 2.75) is 51.6 Å². The quantitative estimate of drug-likeness (QED) is 0.519. The van der Waals surface area contributed by atoms with E-state index in [1.54, 1.807) is 0 Å². The number of carbonyl (C=O) groups excluding carboxylic acids is 2. The van der Waals surface area contributed by atoms with E-state index in [-0.39, 0.29) is 24.4 Å². The molecular formula is C11H25ClN4O2. The van der Waals surface area contributed by atoms with E-state index in [9.17, 15) is 9.59 Å². The highest BCUT2D eigenvalue weighted by Gasteiger charge is 2.18. The molecule has 6 N–H and O–H groups in total. The van der Waals surface area contributed by atoms with Crippen LogP contribution in [0.25, 0.3) is 0 Å². The first-order chi connectivity index (χ1) is 7.97. The number of urea groups is 1. The van der Waals surface area contributed by atoms with Gasteiger partial charge in [-0.3, -0.25) is 4.79 Å². The lowest BCUT2D eigenvalue weighted by atomic mass is 10.1. The Morgan fingerprint density at radius 1 is 1.28 bits per heavy atom. The molecule has 0 heterocycles. The summed E-state index contributed by atoms with van der Waals surface area (Å²) in [5.41, 5.74) is 10.6. The molecule has 7 heteroatoms. The fourth-order valence-corrected chi connectivity index (χ4v) is 1.40. The maximum Gasteiger partial charge on any atom is 0.312 e. The Morgan fingerprint density at radius 3 is 2.33 bits per heavy atom. The zero-order valence-electron chi connectivity index (χ0n) is 11.1. The smallest absolute Gasteiger partial charge is 0.312 e. The number of hydrogen-bond acceptors (Lipinski definition) is 3. The zero-order chi connectivity index (χ0) is 13.3. The molecule has 18 heavy (non-hydrogen) atoms. The van der Waals surface area contributed by atoms with E-state index in [1.807, 2.05) is 13.8 Å². The summed E-state index contributed by atoms with van der Waals surface area (Å²) in [7, 11) is 0. The van der Waals surface area contributed by atoms with Crippen LogP contribution in [0.15, 0.2) is 0 Å². The van der Waals surface area contributed by atoms with E-state index in [2.05, 4.69) is 10.6 Å². The van der Waals surface area contributed by atoms with Gasteiger partial charge in [-0.05, 0) is 19.8 Å². The molecule has 2 atom stereocenters. The molecule has 0 aliphatic heterocycles. The number of unbranched alkanes of at least 4 members (excludes halogenated alkanes) is 1. The third-order valence-corrected chi connectivity index (χ3v) is 2.38. The van der Waals surface area contributed by atoms with E-state index < -0.39 is 12.1 Å². The van der Waals surface area contributed by atoms with Gasteiger partial charge >= 0.3 is 6.03 Å². The number of nitrogens with two attached hydrogens (primary N) is 2. The lowest BCUT2D eigenvalue weighted by Crippen LogP contribution is -2.49. The minimum atomic E-state index is -0.673. The minimum absolute atomic E-state index is 0. The number of amides is 3. The van der Waals surface area contributed by atoms with E-state index >= 15 is 0 Å². The Labute approximate surface area is 115 Å². The number of halogens is 1.